The predicted molar refractivity (Wildman–Crippen MR) is 105 cm³/mol. The molecule has 2 aromatic heterocycles. The predicted octanol–water partition coefficient (Wildman–Crippen LogP) is 1.56. The molecule has 1 N–H and O–H groups in total. The molecule has 28 heavy (non-hydrogen) atoms. The van der Waals surface area contributed by atoms with Crippen LogP contribution in [0.4, 0.5) is 0 Å². The first-order chi connectivity index (χ1) is 13.6. The summed E-state index contributed by atoms with van der Waals surface area (Å²) < 4.78 is 7.28. The van der Waals surface area contributed by atoms with Crippen molar-refractivity contribution in [2.24, 2.45) is 5.10 Å². The van der Waals surface area contributed by atoms with Gasteiger partial charge in [-0.15, -0.1) is 10.2 Å². The first-order valence-electron chi connectivity index (χ1n) is 8.89. The van der Waals surface area contributed by atoms with E-state index >= 15 is 0 Å². The van der Waals surface area contributed by atoms with Crippen LogP contribution in [-0.2, 0) is 22.6 Å². The molecule has 0 saturated heterocycles. The number of hydrogen-bond donors (Lipinski definition) is 1. The maximum Gasteiger partial charge on any atom is 0.263 e. The lowest BCUT2D eigenvalue weighted by molar-refractivity contribution is -0.122. The van der Waals surface area contributed by atoms with E-state index in [1.807, 2.05) is 50.2 Å². The highest BCUT2D eigenvalue weighted by atomic mass is 16.5. The van der Waals surface area contributed by atoms with Crippen molar-refractivity contribution in [3.05, 3.63) is 53.3 Å². The van der Waals surface area contributed by atoms with Crippen molar-refractivity contribution < 1.29 is 9.53 Å². The summed E-state index contributed by atoms with van der Waals surface area (Å²) in [6, 6.07) is 11.5. The van der Waals surface area contributed by atoms with E-state index < -0.39 is 0 Å². The Morgan fingerprint density at radius 2 is 2.07 bits per heavy atom. The van der Waals surface area contributed by atoms with Crippen LogP contribution in [-0.4, -0.2) is 50.6 Å². The van der Waals surface area contributed by atoms with Gasteiger partial charge in [-0.05, 0) is 25.1 Å². The van der Waals surface area contributed by atoms with Crippen molar-refractivity contribution in [1.82, 2.24) is 30.2 Å². The molecule has 0 aliphatic carbocycles. The molecule has 0 aliphatic rings. The summed E-state index contributed by atoms with van der Waals surface area (Å²) in [5.41, 5.74) is 6.46. The molecule has 0 atom stereocenters. The molecule has 9 nitrogen and oxygen atoms in total. The van der Waals surface area contributed by atoms with Gasteiger partial charge in [0.2, 0.25) is 5.82 Å². The van der Waals surface area contributed by atoms with Crippen LogP contribution < -0.4 is 5.43 Å². The zero-order valence-electron chi connectivity index (χ0n) is 16.2. The minimum Gasteiger partial charge on any atom is -0.383 e. The Bertz CT molecular complexity index is 960. The molecule has 3 aromatic rings. The van der Waals surface area contributed by atoms with Gasteiger partial charge < -0.3 is 9.30 Å². The average Bonchev–Trinajstić information content (AvgIpc) is 3.26. The highest BCUT2D eigenvalue weighted by molar-refractivity contribution is 5.83. The Hall–Kier alpha value is -3.33. The SMILES string of the molecule is COCCn1c(C)cc(/C=N\NC(=O)Cn2nnc(-c3ccccc3)n2)c1C. The molecule has 0 aliphatic heterocycles. The molecule has 0 fully saturated rings. The van der Waals surface area contributed by atoms with Crippen LogP contribution in [0.5, 0.6) is 0 Å². The van der Waals surface area contributed by atoms with Crippen LogP contribution in [0, 0.1) is 13.8 Å². The van der Waals surface area contributed by atoms with Crippen molar-refractivity contribution in [1.29, 1.82) is 0 Å². The third-order valence-electron chi connectivity index (χ3n) is 4.29. The zero-order valence-corrected chi connectivity index (χ0v) is 16.2. The standard InChI is InChI=1S/C19H23N7O2/c1-14-11-17(15(2)25(14)9-10-28-3)12-20-21-18(27)13-26-23-19(22-24-26)16-7-5-4-6-8-16/h4-8,11-12H,9-10,13H2,1-3H3,(H,21,27)/b20-12-. The number of ether oxygens (including phenoxy) is 1. The molecule has 0 radical (unpaired) electrons. The molecule has 9 heteroatoms. The normalized spacial score (nSPS) is 11.2. The van der Waals surface area contributed by atoms with Crippen LogP contribution in [0.2, 0.25) is 0 Å². The monoisotopic (exact) mass is 381 g/mol. The molecule has 0 bridgehead atoms. The quantitative estimate of drug-likeness (QED) is 0.471. The van der Waals surface area contributed by atoms with Gasteiger partial charge in [-0.2, -0.15) is 9.90 Å². The van der Waals surface area contributed by atoms with E-state index in [-0.39, 0.29) is 12.5 Å². The lowest BCUT2D eigenvalue weighted by Crippen LogP contribution is -2.24. The van der Waals surface area contributed by atoms with Gasteiger partial charge >= 0.3 is 0 Å². The second kappa shape index (κ2) is 9.05. The van der Waals surface area contributed by atoms with Crippen LogP contribution in [0.3, 0.4) is 0 Å². The minimum atomic E-state index is -0.332. The molecule has 0 spiro atoms. The van der Waals surface area contributed by atoms with E-state index in [9.17, 15) is 4.79 Å². The van der Waals surface area contributed by atoms with Gasteiger partial charge in [0.1, 0.15) is 6.54 Å². The fourth-order valence-electron chi connectivity index (χ4n) is 2.84. The third kappa shape index (κ3) is 4.68. The number of carbonyl (C=O) groups excluding carboxylic acids is 1. The van der Waals surface area contributed by atoms with Gasteiger partial charge in [-0.25, -0.2) is 5.43 Å². The summed E-state index contributed by atoms with van der Waals surface area (Å²) >= 11 is 0. The Kier molecular flexibility index (Phi) is 6.28. The number of amides is 1. The second-order valence-electron chi connectivity index (χ2n) is 6.27. The number of nitrogens with one attached hydrogen (secondary N) is 1. The number of rotatable bonds is 8. The summed E-state index contributed by atoms with van der Waals surface area (Å²) in [5, 5.41) is 16.1. The molecule has 3 rings (SSSR count). The van der Waals surface area contributed by atoms with E-state index in [4.69, 9.17) is 4.74 Å². The van der Waals surface area contributed by atoms with Crippen LogP contribution in [0.1, 0.15) is 17.0 Å². The number of methoxy groups -OCH3 is 1. The number of nitrogens with zero attached hydrogens (tertiary/aromatic N) is 6. The number of carbonyl (C=O) groups is 1. The topological polar surface area (TPSA) is 99.2 Å². The third-order valence-corrected chi connectivity index (χ3v) is 4.29. The molecule has 1 amide bonds. The zero-order chi connectivity index (χ0) is 19.9. The molecular weight excluding hydrogens is 358 g/mol. The van der Waals surface area contributed by atoms with Crippen molar-refractivity contribution in [2.45, 2.75) is 26.9 Å². The second-order valence-corrected chi connectivity index (χ2v) is 6.27. The largest absolute Gasteiger partial charge is 0.383 e. The maximum absolute atomic E-state index is 12.1. The number of aromatic nitrogens is 5. The van der Waals surface area contributed by atoms with Gasteiger partial charge in [-0.3, -0.25) is 4.79 Å². The number of aryl methyl sites for hydroxylation is 1. The Morgan fingerprint density at radius 1 is 1.29 bits per heavy atom. The fraction of sp³-hybridized carbons (Fsp3) is 0.316. The first-order valence-corrected chi connectivity index (χ1v) is 8.89. The molecule has 0 unspecified atom stereocenters. The molecule has 0 saturated carbocycles. The van der Waals surface area contributed by atoms with Crippen LogP contribution >= 0.6 is 0 Å². The number of hydrazone groups is 1. The number of tetrazole rings is 1. The van der Waals surface area contributed by atoms with Gasteiger partial charge in [0.15, 0.2) is 0 Å². The Labute approximate surface area is 163 Å². The number of hydrogen-bond acceptors (Lipinski definition) is 6. The van der Waals surface area contributed by atoms with E-state index in [1.165, 1.54) is 4.80 Å². The molecular formula is C19H23N7O2. The summed E-state index contributed by atoms with van der Waals surface area (Å²) in [6.07, 6.45) is 1.63. The summed E-state index contributed by atoms with van der Waals surface area (Å²) in [5.74, 6) is 0.141. The summed E-state index contributed by atoms with van der Waals surface area (Å²) in [6.45, 7) is 5.38. The summed E-state index contributed by atoms with van der Waals surface area (Å²) in [7, 11) is 1.68. The lowest BCUT2D eigenvalue weighted by Gasteiger charge is -2.08. The first kappa shape index (κ1) is 19.4. The Morgan fingerprint density at radius 3 is 2.82 bits per heavy atom. The van der Waals surface area contributed by atoms with Crippen molar-refractivity contribution in [2.75, 3.05) is 13.7 Å². The van der Waals surface area contributed by atoms with Crippen LogP contribution in [0.15, 0.2) is 41.5 Å². The van der Waals surface area contributed by atoms with E-state index in [2.05, 4.69) is 30.5 Å². The van der Waals surface area contributed by atoms with Gasteiger partial charge in [0.05, 0.1) is 12.8 Å². The van der Waals surface area contributed by atoms with E-state index in [0.717, 1.165) is 29.1 Å². The van der Waals surface area contributed by atoms with Crippen molar-refractivity contribution >= 4 is 12.1 Å². The fourth-order valence-corrected chi connectivity index (χ4v) is 2.84. The van der Waals surface area contributed by atoms with Gasteiger partial charge in [0.25, 0.3) is 5.91 Å². The molecule has 2 heterocycles. The smallest absolute Gasteiger partial charge is 0.263 e. The highest BCUT2D eigenvalue weighted by Crippen LogP contribution is 2.13. The van der Waals surface area contributed by atoms with Gasteiger partial charge in [0, 0.05) is 36.2 Å². The molecule has 1 aromatic carbocycles. The van der Waals surface area contributed by atoms with E-state index in [1.54, 1.807) is 13.3 Å². The minimum absolute atomic E-state index is 0.0654. The average molecular weight is 381 g/mol. The van der Waals surface area contributed by atoms with E-state index in [0.29, 0.717) is 12.4 Å². The lowest BCUT2D eigenvalue weighted by atomic mass is 10.2. The highest BCUT2D eigenvalue weighted by Gasteiger charge is 2.09. The molecule has 146 valence electrons. The van der Waals surface area contributed by atoms with Crippen LogP contribution in [0.25, 0.3) is 11.4 Å². The van der Waals surface area contributed by atoms with Gasteiger partial charge in [-0.1, -0.05) is 30.3 Å². The number of benzene rings is 1. The Balaban J connectivity index is 1.57. The van der Waals surface area contributed by atoms with Crippen molar-refractivity contribution in [3.8, 4) is 11.4 Å². The maximum atomic E-state index is 12.1. The summed E-state index contributed by atoms with van der Waals surface area (Å²) in [4.78, 5) is 13.3. The van der Waals surface area contributed by atoms with Crippen molar-refractivity contribution in [3.63, 3.8) is 0 Å².